The molecule has 0 saturated carbocycles. The molecule has 0 aliphatic carbocycles. The minimum atomic E-state index is -0.493. The lowest BCUT2D eigenvalue weighted by Gasteiger charge is -2.36. The molecule has 1 fully saturated rings. The number of rotatable bonds is 8. The molecule has 1 aliphatic rings. The zero-order valence-electron chi connectivity index (χ0n) is 18.9. The van der Waals surface area contributed by atoms with E-state index in [1.54, 1.807) is 7.11 Å². The standard InChI is InChI=1S/C24H34N2O3.2ClH/c1-18(2)24-10-9-23(15-19(24)3)29-17-21(27)16-25-11-13-26(14-12-25)20-5-7-22(28-4)8-6-20;;/h5-10,15,18,21,27H,11-14,16-17H2,1-4H3;2*1H. The molecule has 1 saturated heterocycles. The van der Waals surface area contributed by atoms with Crippen molar-refractivity contribution in [1.29, 1.82) is 0 Å². The maximum Gasteiger partial charge on any atom is 0.119 e. The zero-order chi connectivity index (χ0) is 20.8. The molecule has 1 atom stereocenters. The summed E-state index contributed by atoms with van der Waals surface area (Å²) >= 11 is 0. The molecule has 0 aromatic heterocycles. The molecule has 1 N–H and O–H groups in total. The number of β-amino-alcohol motifs (C(OH)–C–C–N with tert-alkyl or cyclic N) is 1. The summed E-state index contributed by atoms with van der Waals surface area (Å²) in [5, 5.41) is 10.4. The van der Waals surface area contributed by atoms with Gasteiger partial charge in [-0.3, -0.25) is 4.90 Å². The number of aryl methyl sites for hydroxylation is 1. The molecule has 2 aromatic carbocycles. The van der Waals surface area contributed by atoms with Gasteiger partial charge in [0.25, 0.3) is 0 Å². The summed E-state index contributed by atoms with van der Waals surface area (Å²) in [4.78, 5) is 4.68. The Kier molecular flexibility index (Phi) is 11.5. The maximum atomic E-state index is 10.4. The van der Waals surface area contributed by atoms with Crippen LogP contribution in [0.2, 0.25) is 0 Å². The van der Waals surface area contributed by atoms with E-state index >= 15 is 0 Å². The van der Waals surface area contributed by atoms with Crippen molar-refractivity contribution in [2.75, 3.05) is 51.3 Å². The second kappa shape index (κ2) is 13.0. The van der Waals surface area contributed by atoms with E-state index < -0.39 is 6.10 Å². The lowest BCUT2D eigenvalue weighted by Crippen LogP contribution is -2.49. The molecule has 1 unspecified atom stereocenters. The third-order valence-electron chi connectivity index (χ3n) is 5.58. The minimum Gasteiger partial charge on any atom is -0.497 e. The lowest BCUT2D eigenvalue weighted by molar-refractivity contribution is 0.0663. The topological polar surface area (TPSA) is 45.2 Å². The summed E-state index contributed by atoms with van der Waals surface area (Å²) in [5.74, 6) is 2.21. The average molecular weight is 471 g/mol. The molecule has 3 rings (SSSR count). The molecule has 7 heteroatoms. The van der Waals surface area contributed by atoms with E-state index in [-0.39, 0.29) is 24.8 Å². The highest BCUT2D eigenvalue weighted by molar-refractivity contribution is 5.85. The van der Waals surface area contributed by atoms with Crippen molar-refractivity contribution in [1.82, 2.24) is 4.90 Å². The van der Waals surface area contributed by atoms with E-state index in [1.165, 1.54) is 16.8 Å². The first kappa shape index (κ1) is 27.4. The highest BCUT2D eigenvalue weighted by atomic mass is 35.5. The van der Waals surface area contributed by atoms with Crippen LogP contribution in [0.5, 0.6) is 11.5 Å². The average Bonchev–Trinajstić information content (AvgIpc) is 2.73. The molecule has 31 heavy (non-hydrogen) atoms. The number of halogens is 2. The smallest absolute Gasteiger partial charge is 0.119 e. The van der Waals surface area contributed by atoms with Crippen molar-refractivity contribution in [3.05, 3.63) is 53.6 Å². The quantitative estimate of drug-likeness (QED) is 0.613. The van der Waals surface area contributed by atoms with E-state index in [1.807, 2.05) is 18.2 Å². The van der Waals surface area contributed by atoms with Crippen LogP contribution in [0.4, 0.5) is 5.69 Å². The second-order valence-corrected chi connectivity index (χ2v) is 8.12. The number of aliphatic hydroxyl groups excluding tert-OH is 1. The molecule has 174 valence electrons. The Bertz CT molecular complexity index is 779. The third kappa shape index (κ3) is 7.76. The maximum absolute atomic E-state index is 10.4. The molecule has 0 amide bonds. The number of nitrogens with zero attached hydrogens (tertiary/aromatic N) is 2. The van der Waals surface area contributed by atoms with Gasteiger partial charge in [-0.05, 0) is 60.4 Å². The van der Waals surface area contributed by atoms with Crippen molar-refractivity contribution in [3.8, 4) is 11.5 Å². The Hall–Kier alpha value is -1.66. The number of methoxy groups -OCH3 is 1. The van der Waals surface area contributed by atoms with Crippen LogP contribution in [0, 0.1) is 6.92 Å². The predicted octanol–water partition coefficient (Wildman–Crippen LogP) is 4.53. The molecule has 0 bridgehead atoms. The van der Waals surface area contributed by atoms with Crippen molar-refractivity contribution in [2.45, 2.75) is 32.8 Å². The highest BCUT2D eigenvalue weighted by Crippen LogP contribution is 2.24. The Balaban J connectivity index is 0.00000240. The zero-order valence-corrected chi connectivity index (χ0v) is 20.5. The van der Waals surface area contributed by atoms with E-state index in [9.17, 15) is 5.11 Å². The van der Waals surface area contributed by atoms with Gasteiger partial charge in [0.1, 0.15) is 24.2 Å². The molecule has 0 spiro atoms. The third-order valence-corrected chi connectivity index (χ3v) is 5.58. The Morgan fingerprint density at radius 2 is 1.55 bits per heavy atom. The van der Waals surface area contributed by atoms with Gasteiger partial charge in [0, 0.05) is 38.4 Å². The van der Waals surface area contributed by atoms with Gasteiger partial charge in [-0.25, -0.2) is 0 Å². The summed E-state index contributed by atoms with van der Waals surface area (Å²) in [6.07, 6.45) is -0.493. The number of aliphatic hydroxyl groups is 1. The summed E-state index contributed by atoms with van der Waals surface area (Å²) < 4.78 is 11.1. The van der Waals surface area contributed by atoms with Crippen LogP contribution < -0.4 is 14.4 Å². The van der Waals surface area contributed by atoms with E-state index in [4.69, 9.17) is 9.47 Å². The fourth-order valence-electron chi connectivity index (χ4n) is 3.91. The van der Waals surface area contributed by atoms with E-state index in [2.05, 4.69) is 54.8 Å². The highest BCUT2D eigenvalue weighted by Gasteiger charge is 2.20. The van der Waals surface area contributed by atoms with Crippen LogP contribution in [-0.4, -0.2) is 62.6 Å². The van der Waals surface area contributed by atoms with Crippen molar-refractivity contribution in [3.63, 3.8) is 0 Å². The Morgan fingerprint density at radius 3 is 2.10 bits per heavy atom. The Labute approximate surface area is 199 Å². The number of benzene rings is 2. The number of hydrogen-bond acceptors (Lipinski definition) is 5. The van der Waals surface area contributed by atoms with Gasteiger partial charge in [0.15, 0.2) is 0 Å². The van der Waals surface area contributed by atoms with Gasteiger partial charge in [0.2, 0.25) is 0 Å². The van der Waals surface area contributed by atoms with Gasteiger partial charge >= 0.3 is 0 Å². The fraction of sp³-hybridized carbons (Fsp3) is 0.500. The van der Waals surface area contributed by atoms with Crippen LogP contribution in [0.3, 0.4) is 0 Å². The summed E-state index contributed by atoms with van der Waals surface area (Å²) in [5.41, 5.74) is 3.80. The van der Waals surface area contributed by atoms with Gasteiger partial charge in [-0.1, -0.05) is 19.9 Å². The number of piperazine rings is 1. The first-order valence-corrected chi connectivity index (χ1v) is 10.5. The van der Waals surface area contributed by atoms with Crippen molar-refractivity contribution >= 4 is 30.5 Å². The molecule has 0 radical (unpaired) electrons. The number of anilines is 1. The molecule has 2 aromatic rings. The van der Waals surface area contributed by atoms with Crippen LogP contribution in [0.25, 0.3) is 0 Å². The van der Waals surface area contributed by atoms with Gasteiger partial charge in [0.05, 0.1) is 7.11 Å². The largest absolute Gasteiger partial charge is 0.497 e. The normalized spacial score (nSPS) is 15.1. The SMILES string of the molecule is COc1ccc(N2CCN(CC(O)COc3ccc(C(C)C)c(C)c3)CC2)cc1.Cl.Cl. The van der Waals surface area contributed by atoms with Crippen LogP contribution in [-0.2, 0) is 0 Å². The minimum absolute atomic E-state index is 0. The van der Waals surface area contributed by atoms with E-state index in [0.29, 0.717) is 19.1 Å². The first-order valence-electron chi connectivity index (χ1n) is 10.5. The second-order valence-electron chi connectivity index (χ2n) is 8.12. The number of ether oxygens (including phenoxy) is 2. The summed E-state index contributed by atoms with van der Waals surface area (Å²) in [6.45, 7) is 11.2. The van der Waals surface area contributed by atoms with Gasteiger partial charge in [-0.2, -0.15) is 0 Å². The molecule has 1 aliphatic heterocycles. The summed E-state index contributed by atoms with van der Waals surface area (Å²) in [7, 11) is 1.69. The molecular weight excluding hydrogens is 435 g/mol. The van der Waals surface area contributed by atoms with Crippen LogP contribution >= 0.6 is 24.8 Å². The van der Waals surface area contributed by atoms with Crippen LogP contribution in [0.15, 0.2) is 42.5 Å². The fourth-order valence-corrected chi connectivity index (χ4v) is 3.91. The summed E-state index contributed by atoms with van der Waals surface area (Å²) in [6, 6.07) is 14.4. The van der Waals surface area contributed by atoms with E-state index in [0.717, 1.165) is 37.7 Å². The van der Waals surface area contributed by atoms with Gasteiger partial charge in [-0.15, -0.1) is 24.8 Å². The lowest BCUT2D eigenvalue weighted by atomic mass is 9.98. The predicted molar refractivity (Wildman–Crippen MR) is 133 cm³/mol. The first-order chi connectivity index (χ1) is 14.0. The monoisotopic (exact) mass is 470 g/mol. The molecule has 1 heterocycles. The van der Waals surface area contributed by atoms with Crippen molar-refractivity contribution < 1.29 is 14.6 Å². The molecule has 5 nitrogen and oxygen atoms in total. The van der Waals surface area contributed by atoms with Gasteiger partial charge < -0.3 is 19.5 Å². The Morgan fingerprint density at radius 1 is 0.935 bits per heavy atom. The van der Waals surface area contributed by atoms with Crippen molar-refractivity contribution in [2.24, 2.45) is 0 Å². The number of hydrogen-bond donors (Lipinski definition) is 1. The molecular formula is C24H36Cl2N2O3. The van der Waals surface area contributed by atoms with Crippen LogP contribution in [0.1, 0.15) is 30.9 Å².